The number of nitrogen functional groups attached to an aromatic ring is 2. The molecule has 0 atom stereocenters. The van der Waals surface area contributed by atoms with Gasteiger partial charge in [-0.2, -0.15) is 0 Å². The van der Waals surface area contributed by atoms with Gasteiger partial charge in [-0.1, -0.05) is 27.2 Å². The quantitative estimate of drug-likeness (QED) is 0.293. The van der Waals surface area contributed by atoms with Crippen LogP contribution in [-0.2, 0) is 0 Å². The number of nitrogens with zero attached hydrogens (tertiary/aromatic N) is 3. The van der Waals surface area contributed by atoms with Gasteiger partial charge in [0.05, 0.1) is 0 Å². The fraction of sp³-hybridized carbons (Fsp3) is 0.571. The third kappa shape index (κ3) is 9.95. The number of anilines is 4. The van der Waals surface area contributed by atoms with E-state index in [9.17, 15) is 0 Å². The zero-order chi connectivity index (χ0) is 23.9. The van der Waals surface area contributed by atoms with E-state index in [1.54, 1.807) is 0 Å². The van der Waals surface area contributed by atoms with Crippen molar-refractivity contribution in [2.75, 3.05) is 67.1 Å². The third-order valence-electron chi connectivity index (χ3n) is 6.14. The molecule has 0 saturated heterocycles. The first kappa shape index (κ1) is 26.8. The van der Waals surface area contributed by atoms with Crippen LogP contribution in [0.15, 0.2) is 48.5 Å². The maximum Gasteiger partial charge on any atom is 0.0367 e. The second-order valence-corrected chi connectivity index (χ2v) is 9.06. The largest absolute Gasteiger partial charge is 0.399 e. The Bertz CT molecular complexity index is 682. The van der Waals surface area contributed by atoms with Crippen molar-refractivity contribution in [3.05, 3.63) is 48.5 Å². The lowest BCUT2D eigenvalue weighted by atomic mass is 10.2. The van der Waals surface area contributed by atoms with Crippen molar-refractivity contribution in [3.8, 4) is 0 Å². The SMILES string of the molecule is CCCCN(CCCN(CCC)c1ccc(N)cc1)CCCN(CCC)c1ccc(N)cc1. The predicted octanol–water partition coefficient (Wildman–Crippen LogP) is 5.87. The molecule has 0 heterocycles. The van der Waals surface area contributed by atoms with Crippen LogP contribution in [-0.4, -0.2) is 50.7 Å². The lowest BCUT2D eigenvalue weighted by Gasteiger charge is -2.29. The third-order valence-corrected chi connectivity index (χ3v) is 6.14. The van der Waals surface area contributed by atoms with Crippen LogP contribution < -0.4 is 21.3 Å². The van der Waals surface area contributed by atoms with E-state index >= 15 is 0 Å². The number of unbranched alkanes of at least 4 members (excludes halogenated alkanes) is 1. The molecule has 4 N–H and O–H groups in total. The van der Waals surface area contributed by atoms with E-state index in [1.807, 2.05) is 24.3 Å². The number of hydrogen-bond donors (Lipinski definition) is 2. The number of hydrogen-bond acceptors (Lipinski definition) is 5. The summed E-state index contributed by atoms with van der Waals surface area (Å²) in [6.45, 7) is 14.7. The maximum absolute atomic E-state index is 5.88. The van der Waals surface area contributed by atoms with Gasteiger partial charge in [-0.25, -0.2) is 0 Å². The summed E-state index contributed by atoms with van der Waals surface area (Å²) in [5.74, 6) is 0. The van der Waals surface area contributed by atoms with Crippen LogP contribution in [0.25, 0.3) is 0 Å². The molecule has 184 valence electrons. The Kier molecular flexibility index (Phi) is 12.6. The summed E-state index contributed by atoms with van der Waals surface area (Å²) in [4.78, 5) is 7.67. The van der Waals surface area contributed by atoms with Crippen LogP contribution in [0.1, 0.15) is 59.3 Å². The molecule has 0 aliphatic heterocycles. The molecule has 0 aliphatic carbocycles. The molecule has 0 fully saturated rings. The van der Waals surface area contributed by atoms with Crippen molar-refractivity contribution in [2.24, 2.45) is 0 Å². The first-order valence-electron chi connectivity index (χ1n) is 13.0. The lowest BCUT2D eigenvalue weighted by molar-refractivity contribution is 0.264. The minimum Gasteiger partial charge on any atom is -0.399 e. The van der Waals surface area contributed by atoms with Crippen molar-refractivity contribution >= 4 is 22.7 Å². The Hall–Kier alpha value is -2.40. The smallest absolute Gasteiger partial charge is 0.0367 e. The number of rotatable bonds is 17. The van der Waals surface area contributed by atoms with E-state index in [1.165, 1.54) is 43.6 Å². The van der Waals surface area contributed by atoms with Crippen LogP contribution in [0.2, 0.25) is 0 Å². The summed E-state index contributed by atoms with van der Waals surface area (Å²) >= 11 is 0. The fourth-order valence-corrected chi connectivity index (χ4v) is 4.34. The monoisotopic (exact) mass is 453 g/mol. The van der Waals surface area contributed by atoms with E-state index in [0.717, 1.165) is 63.5 Å². The van der Waals surface area contributed by atoms with E-state index in [2.05, 4.69) is 59.7 Å². The summed E-state index contributed by atoms with van der Waals surface area (Å²) in [6.07, 6.45) is 7.20. The Balaban J connectivity index is 1.86. The zero-order valence-corrected chi connectivity index (χ0v) is 21.3. The van der Waals surface area contributed by atoms with Gasteiger partial charge >= 0.3 is 0 Å². The molecule has 0 radical (unpaired) electrons. The molecule has 2 aromatic rings. The summed E-state index contributed by atoms with van der Waals surface area (Å²) < 4.78 is 0. The van der Waals surface area contributed by atoms with Crippen molar-refractivity contribution in [3.63, 3.8) is 0 Å². The van der Waals surface area contributed by atoms with Gasteiger partial charge in [0.2, 0.25) is 0 Å². The lowest BCUT2D eigenvalue weighted by Crippen LogP contribution is -2.34. The highest BCUT2D eigenvalue weighted by Gasteiger charge is 2.10. The fourth-order valence-electron chi connectivity index (χ4n) is 4.34. The van der Waals surface area contributed by atoms with Gasteiger partial charge in [-0.3, -0.25) is 0 Å². The van der Waals surface area contributed by atoms with Gasteiger partial charge in [0.25, 0.3) is 0 Å². The van der Waals surface area contributed by atoms with Crippen molar-refractivity contribution in [2.45, 2.75) is 59.3 Å². The minimum atomic E-state index is 0.831. The Morgan fingerprint density at radius 1 is 0.485 bits per heavy atom. The highest BCUT2D eigenvalue weighted by Crippen LogP contribution is 2.18. The van der Waals surface area contributed by atoms with Crippen LogP contribution >= 0.6 is 0 Å². The van der Waals surface area contributed by atoms with Gasteiger partial charge in [0.15, 0.2) is 0 Å². The van der Waals surface area contributed by atoms with Gasteiger partial charge in [0.1, 0.15) is 0 Å². The van der Waals surface area contributed by atoms with Crippen LogP contribution in [0.3, 0.4) is 0 Å². The standard InChI is InChI=1S/C28H47N5/c1-4-7-20-31(21-8-23-32(18-5-2)27-14-10-25(29)11-15-27)22-9-24-33(19-6-3)28-16-12-26(30)13-17-28/h10-17H,4-9,18-24,29-30H2,1-3H3. The first-order chi connectivity index (χ1) is 16.1. The summed E-state index contributed by atoms with van der Waals surface area (Å²) in [6, 6.07) is 16.6. The Morgan fingerprint density at radius 2 is 0.879 bits per heavy atom. The molecule has 0 unspecified atom stereocenters. The molecule has 0 saturated carbocycles. The second-order valence-electron chi connectivity index (χ2n) is 9.06. The molecule has 33 heavy (non-hydrogen) atoms. The van der Waals surface area contributed by atoms with Crippen LogP contribution in [0, 0.1) is 0 Å². The zero-order valence-electron chi connectivity index (χ0n) is 21.3. The molecule has 0 aliphatic rings. The van der Waals surface area contributed by atoms with E-state index in [-0.39, 0.29) is 0 Å². The van der Waals surface area contributed by atoms with Gasteiger partial charge in [-0.05, 0) is 100 Å². The molecule has 0 amide bonds. The molecular formula is C28H47N5. The van der Waals surface area contributed by atoms with E-state index in [4.69, 9.17) is 11.5 Å². The predicted molar refractivity (Wildman–Crippen MR) is 147 cm³/mol. The molecular weight excluding hydrogens is 406 g/mol. The molecule has 0 aromatic heterocycles. The average Bonchev–Trinajstić information content (AvgIpc) is 2.82. The summed E-state index contributed by atoms with van der Waals surface area (Å²) in [5, 5.41) is 0. The van der Waals surface area contributed by atoms with Crippen LogP contribution in [0.4, 0.5) is 22.7 Å². The van der Waals surface area contributed by atoms with Gasteiger partial charge in [0, 0.05) is 48.9 Å². The Labute approximate surface area is 202 Å². The van der Waals surface area contributed by atoms with Crippen molar-refractivity contribution < 1.29 is 0 Å². The first-order valence-corrected chi connectivity index (χ1v) is 13.0. The van der Waals surface area contributed by atoms with E-state index < -0.39 is 0 Å². The normalized spacial score (nSPS) is 11.2. The average molecular weight is 454 g/mol. The van der Waals surface area contributed by atoms with Gasteiger partial charge in [-0.15, -0.1) is 0 Å². The molecule has 5 heteroatoms. The van der Waals surface area contributed by atoms with Crippen molar-refractivity contribution in [1.82, 2.24) is 4.90 Å². The van der Waals surface area contributed by atoms with E-state index in [0.29, 0.717) is 0 Å². The number of benzene rings is 2. The van der Waals surface area contributed by atoms with Crippen molar-refractivity contribution in [1.29, 1.82) is 0 Å². The summed E-state index contributed by atoms with van der Waals surface area (Å²) in [5.41, 5.74) is 16.0. The molecule has 2 rings (SSSR count). The van der Waals surface area contributed by atoms with Gasteiger partial charge < -0.3 is 26.2 Å². The number of nitrogens with two attached hydrogens (primary N) is 2. The topological polar surface area (TPSA) is 61.8 Å². The highest BCUT2D eigenvalue weighted by molar-refractivity contribution is 5.53. The molecule has 0 bridgehead atoms. The minimum absolute atomic E-state index is 0.831. The summed E-state index contributed by atoms with van der Waals surface area (Å²) in [7, 11) is 0. The highest BCUT2D eigenvalue weighted by atomic mass is 15.2. The Morgan fingerprint density at radius 3 is 1.24 bits per heavy atom. The second kappa shape index (κ2) is 15.4. The maximum atomic E-state index is 5.88. The molecule has 0 spiro atoms. The van der Waals surface area contributed by atoms with Crippen LogP contribution in [0.5, 0.6) is 0 Å². The molecule has 2 aromatic carbocycles. The molecule has 5 nitrogen and oxygen atoms in total.